The van der Waals surface area contributed by atoms with E-state index in [4.69, 9.17) is 5.73 Å². The lowest BCUT2D eigenvalue weighted by atomic mass is 9.97. The quantitative estimate of drug-likeness (QED) is 0.403. The van der Waals surface area contributed by atoms with E-state index in [-0.39, 0.29) is 24.3 Å². The van der Waals surface area contributed by atoms with E-state index in [1.54, 1.807) is 12.1 Å². The Bertz CT molecular complexity index is 1010. The number of carbonyl (C=O) groups excluding carboxylic acids is 4. The number of hydrogen-bond acceptors (Lipinski definition) is 8. The number of nitrogens with zero attached hydrogens (tertiary/aromatic N) is 4. The minimum Gasteiger partial charge on any atom is -0.371 e. The number of piperidine rings is 1. The highest BCUT2D eigenvalue weighted by Gasteiger charge is 2.34. The van der Waals surface area contributed by atoms with Crippen LogP contribution in [0.4, 0.5) is 5.69 Å². The molecule has 10 heteroatoms. The van der Waals surface area contributed by atoms with Gasteiger partial charge in [-0.2, -0.15) is 0 Å². The molecule has 4 rings (SSSR count). The zero-order chi connectivity index (χ0) is 27.2. The Morgan fingerprint density at radius 1 is 1.13 bits per heavy atom. The number of likely N-dealkylation sites (tertiary alicyclic amines) is 2. The molecule has 38 heavy (non-hydrogen) atoms. The SMILES string of the molecule is CNC(=O)CCC(C=O)N(C)C(=O)c1cc(N2CC(CN3CCC(N4CCC(N)CC4)C3)C2)ccc1C=O. The summed E-state index contributed by atoms with van der Waals surface area (Å²) in [4.78, 5) is 57.0. The third kappa shape index (κ3) is 6.59. The standard InChI is InChI=1S/C28H42N6O4/c1-30-27(37)6-5-25(19-36)31(2)28(38)26-13-23(4-3-21(26)18-35)34-15-20(16-34)14-32-10-9-24(17-32)33-11-7-22(29)8-12-33/h3-4,13,18-20,22,24-25H,5-12,14-17,29H2,1-2H3,(H,30,37). The van der Waals surface area contributed by atoms with Crippen LogP contribution in [0, 0.1) is 5.92 Å². The summed E-state index contributed by atoms with van der Waals surface area (Å²) in [5.74, 6) is -0.0247. The van der Waals surface area contributed by atoms with Crippen molar-refractivity contribution in [3.05, 3.63) is 29.3 Å². The molecule has 0 aromatic heterocycles. The van der Waals surface area contributed by atoms with Crippen LogP contribution >= 0.6 is 0 Å². The average Bonchev–Trinajstić information content (AvgIpc) is 3.38. The summed E-state index contributed by atoms with van der Waals surface area (Å²) < 4.78 is 0. The fourth-order valence-corrected chi connectivity index (χ4v) is 5.95. The Morgan fingerprint density at radius 2 is 1.87 bits per heavy atom. The molecule has 0 spiro atoms. The highest BCUT2D eigenvalue weighted by molar-refractivity contribution is 6.03. The van der Waals surface area contributed by atoms with Crippen molar-refractivity contribution >= 4 is 30.1 Å². The van der Waals surface area contributed by atoms with E-state index >= 15 is 0 Å². The summed E-state index contributed by atoms with van der Waals surface area (Å²) in [6.45, 7) is 7.40. The van der Waals surface area contributed by atoms with Crippen LogP contribution in [0.1, 0.15) is 52.8 Å². The van der Waals surface area contributed by atoms with Crippen molar-refractivity contribution < 1.29 is 19.2 Å². The molecule has 3 aliphatic rings. The molecular formula is C28H42N6O4. The minimum absolute atomic E-state index is 0.136. The van der Waals surface area contributed by atoms with Crippen LogP contribution in [-0.2, 0) is 9.59 Å². The Hall–Kier alpha value is -2.82. The second kappa shape index (κ2) is 12.8. The molecule has 0 radical (unpaired) electrons. The second-order valence-electron chi connectivity index (χ2n) is 11.1. The van der Waals surface area contributed by atoms with Gasteiger partial charge in [-0.1, -0.05) is 0 Å². The maximum atomic E-state index is 13.3. The van der Waals surface area contributed by atoms with E-state index in [9.17, 15) is 19.2 Å². The molecule has 3 aliphatic heterocycles. The number of anilines is 1. The van der Waals surface area contributed by atoms with E-state index in [1.165, 1.54) is 25.4 Å². The molecule has 3 N–H and O–H groups in total. The van der Waals surface area contributed by atoms with Crippen LogP contribution in [0.25, 0.3) is 0 Å². The van der Waals surface area contributed by atoms with E-state index in [2.05, 4.69) is 20.0 Å². The van der Waals surface area contributed by atoms with Gasteiger partial charge in [-0.3, -0.25) is 19.3 Å². The van der Waals surface area contributed by atoms with E-state index in [0.717, 1.165) is 64.3 Å². The molecule has 3 heterocycles. The van der Waals surface area contributed by atoms with E-state index < -0.39 is 11.9 Å². The van der Waals surface area contributed by atoms with Gasteiger partial charge < -0.3 is 30.5 Å². The van der Waals surface area contributed by atoms with Crippen LogP contribution in [0.5, 0.6) is 0 Å². The summed E-state index contributed by atoms with van der Waals surface area (Å²) >= 11 is 0. The van der Waals surface area contributed by atoms with Gasteiger partial charge in [0.1, 0.15) is 6.29 Å². The maximum Gasteiger partial charge on any atom is 0.255 e. The first-order valence-electron chi connectivity index (χ1n) is 13.8. The van der Waals surface area contributed by atoms with Crippen molar-refractivity contribution in [3.8, 4) is 0 Å². The summed E-state index contributed by atoms with van der Waals surface area (Å²) in [5.41, 5.74) is 7.54. The summed E-state index contributed by atoms with van der Waals surface area (Å²) in [7, 11) is 3.07. The third-order valence-corrected chi connectivity index (χ3v) is 8.49. The molecule has 0 bridgehead atoms. The van der Waals surface area contributed by atoms with Gasteiger partial charge >= 0.3 is 0 Å². The zero-order valence-corrected chi connectivity index (χ0v) is 22.7. The third-order valence-electron chi connectivity index (χ3n) is 8.49. The molecule has 208 valence electrons. The van der Waals surface area contributed by atoms with Crippen molar-refractivity contribution in [3.63, 3.8) is 0 Å². The van der Waals surface area contributed by atoms with Crippen molar-refractivity contribution in [1.29, 1.82) is 0 Å². The minimum atomic E-state index is -0.748. The molecule has 0 saturated carbocycles. The Morgan fingerprint density at radius 3 is 2.53 bits per heavy atom. The van der Waals surface area contributed by atoms with Gasteiger partial charge in [0.25, 0.3) is 5.91 Å². The van der Waals surface area contributed by atoms with Gasteiger partial charge in [-0.25, -0.2) is 0 Å². The van der Waals surface area contributed by atoms with Crippen molar-refractivity contribution in [2.75, 3.05) is 64.8 Å². The second-order valence-corrected chi connectivity index (χ2v) is 11.1. The molecule has 3 saturated heterocycles. The number of aldehydes is 2. The Balaban J connectivity index is 1.31. The lowest BCUT2D eigenvalue weighted by Crippen LogP contribution is -2.52. The first-order valence-corrected chi connectivity index (χ1v) is 13.8. The van der Waals surface area contributed by atoms with Crippen molar-refractivity contribution in [2.24, 2.45) is 11.7 Å². The topological polar surface area (TPSA) is 119 Å². The average molecular weight is 527 g/mol. The van der Waals surface area contributed by atoms with Gasteiger partial charge in [0.05, 0.1) is 11.6 Å². The van der Waals surface area contributed by atoms with E-state index in [1.807, 2.05) is 6.07 Å². The number of carbonyl (C=O) groups is 4. The number of likely N-dealkylation sites (N-methyl/N-ethyl adjacent to an activating group) is 1. The normalized spacial score (nSPS) is 22.1. The Labute approximate surface area is 225 Å². The highest BCUT2D eigenvalue weighted by atomic mass is 16.2. The number of rotatable bonds is 11. The first kappa shape index (κ1) is 28.2. The van der Waals surface area contributed by atoms with Crippen molar-refractivity contribution in [1.82, 2.24) is 20.0 Å². The molecule has 3 fully saturated rings. The molecule has 0 aliphatic carbocycles. The molecule has 1 aromatic rings. The number of hydrogen-bond donors (Lipinski definition) is 2. The van der Waals surface area contributed by atoms with Gasteiger partial charge in [0.15, 0.2) is 6.29 Å². The summed E-state index contributed by atoms with van der Waals surface area (Å²) in [5, 5.41) is 2.52. The zero-order valence-electron chi connectivity index (χ0n) is 22.7. The predicted molar refractivity (Wildman–Crippen MR) is 146 cm³/mol. The lowest BCUT2D eigenvalue weighted by molar-refractivity contribution is -0.121. The lowest BCUT2D eigenvalue weighted by Gasteiger charge is -2.43. The smallest absolute Gasteiger partial charge is 0.255 e. The molecular weight excluding hydrogens is 484 g/mol. The Kier molecular flexibility index (Phi) is 9.51. The predicted octanol–water partition coefficient (Wildman–Crippen LogP) is 0.598. The number of amides is 2. The maximum absolute atomic E-state index is 13.3. The largest absolute Gasteiger partial charge is 0.371 e. The molecule has 2 atom stereocenters. The molecule has 2 amide bonds. The van der Waals surface area contributed by atoms with Gasteiger partial charge in [-0.05, 0) is 63.5 Å². The summed E-state index contributed by atoms with van der Waals surface area (Å²) in [6.07, 6.45) is 5.13. The van der Waals surface area contributed by atoms with Gasteiger partial charge in [-0.15, -0.1) is 0 Å². The number of nitrogens with one attached hydrogen (secondary N) is 1. The first-order chi connectivity index (χ1) is 18.3. The van der Waals surface area contributed by atoms with Crippen molar-refractivity contribution in [2.45, 2.75) is 50.2 Å². The van der Waals surface area contributed by atoms with Gasteiger partial charge in [0, 0.05) is 75.9 Å². The fourth-order valence-electron chi connectivity index (χ4n) is 5.95. The van der Waals surface area contributed by atoms with Crippen LogP contribution in [0.2, 0.25) is 0 Å². The number of benzene rings is 1. The van der Waals surface area contributed by atoms with Crippen LogP contribution in [-0.4, -0.2) is 117 Å². The molecule has 10 nitrogen and oxygen atoms in total. The van der Waals surface area contributed by atoms with Gasteiger partial charge in [0.2, 0.25) is 5.91 Å². The van der Waals surface area contributed by atoms with Crippen LogP contribution < -0.4 is 16.0 Å². The highest BCUT2D eigenvalue weighted by Crippen LogP contribution is 2.29. The fraction of sp³-hybridized carbons (Fsp3) is 0.643. The molecule has 2 unspecified atom stereocenters. The van der Waals surface area contributed by atoms with Crippen LogP contribution in [0.15, 0.2) is 18.2 Å². The summed E-state index contributed by atoms with van der Waals surface area (Å²) in [6, 6.07) is 5.57. The monoisotopic (exact) mass is 526 g/mol. The number of nitrogens with two attached hydrogens (primary N) is 1. The molecule has 1 aromatic carbocycles. The van der Waals surface area contributed by atoms with Crippen LogP contribution in [0.3, 0.4) is 0 Å². The van der Waals surface area contributed by atoms with E-state index in [0.29, 0.717) is 36.1 Å².